The Balaban J connectivity index is 1.59. The second-order valence-corrected chi connectivity index (χ2v) is 5.80. The number of amides is 2. The Bertz CT molecular complexity index is 494. The summed E-state index contributed by atoms with van der Waals surface area (Å²) in [5.41, 5.74) is 0.935. The van der Waals surface area contributed by atoms with Gasteiger partial charge in [0.25, 0.3) is 0 Å². The highest BCUT2D eigenvalue weighted by molar-refractivity contribution is 5.94. The average molecular weight is 285 g/mol. The Morgan fingerprint density at radius 3 is 2.67 bits per heavy atom. The summed E-state index contributed by atoms with van der Waals surface area (Å²) < 4.78 is 0. The van der Waals surface area contributed by atoms with Crippen molar-refractivity contribution in [1.29, 1.82) is 0 Å². The molecule has 0 unspecified atom stereocenters. The first-order valence-electron chi connectivity index (χ1n) is 7.85. The van der Waals surface area contributed by atoms with E-state index in [1.165, 1.54) is 12.8 Å². The van der Waals surface area contributed by atoms with Gasteiger partial charge < -0.3 is 10.2 Å². The molecule has 1 N–H and O–H groups in total. The molecule has 2 aliphatic rings. The Morgan fingerprint density at radius 1 is 1.14 bits per heavy atom. The molecule has 1 saturated heterocycles. The summed E-state index contributed by atoms with van der Waals surface area (Å²) in [7, 11) is 0. The van der Waals surface area contributed by atoms with Crippen molar-refractivity contribution in [3.05, 3.63) is 42.6 Å². The first kappa shape index (κ1) is 14.1. The van der Waals surface area contributed by atoms with Crippen LogP contribution >= 0.6 is 0 Å². The number of rotatable bonds is 4. The number of hydrogen-bond acceptors (Lipinski definition) is 2. The molecule has 3 rings (SSSR count). The van der Waals surface area contributed by atoms with Crippen LogP contribution in [0.3, 0.4) is 0 Å². The van der Waals surface area contributed by atoms with Gasteiger partial charge in [-0.15, -0.1) is 0 Å². The number of benzene rings is 1. The fraction of sp³-hybridized carbons (Fsp3) is 0.471. The van der Waals surface area contributed by atoms with Gasteiger partial charge in [0.15, 0.2) is 0 Å². The number of carbonyl (C=O) groups is 1. The molecular formula is C17H23N3O. The molecule has 1 aromatic carbocycles. The van der Waals surface area contributed by atoms with Crippen molar-refractivity contribution < 1.29 is 4.79 Å². The molecule has 0 spiro atoms. The van der Waals surface area contributed by atoms with Crippen LogP contribution in [-0.2, 0) is 0 Å². The quantitative estimate of drug-likeness (QED) is 0.923. The average Bonchev–Trinajstić information content (AvgIpc) is 2.56. The zero-order valence-corrected chi connectivity index (χ0v) is 12.4. The molecule has 21 heavy (non-hydrogen) atoms. The van der Waals surface area contributed by atoms with Gasteiger partial charge in [0.1, 0.15) is 0 Å². The van der Waals surface area contributed by atoms with Gasteiger partial charge >= 0.3 is 6.03 Å². The third-order valence-electron chi connectivity index (χ3n) is 4.36. The molecule has 0 aromatic heterocycles. The predicted molar refractivity (Wildman–Crippen MR) is 85.2 cm³/mol. The molecule has 1 aromatic rings. The molecule has 0 bridgehead atoms. The zero-order chi connectivity index (χ0) is 14.5. The van der Waals surface area contributed by atoms with E-state index >= 15 is 0 Å². The van der Waals surface area contributed by atoms with Crippen molar-refractivity contribution in [3.63, 3.8) is 0 Å². The lowest BCUT2D eigenvalue weighted by Crippen LogP contribution is -2.45. The van der Waals surface area contributed by atoms with E-state index in [2.05, 4.69) is 11.4 Å². The Labute approximate surface area is 126 Å². The van der Waals surface area contributed by atoms with Crippen molar-refractivity contribution in [3.8, 4) is 0 Å². The number of nitrogens with zero attached hydrogens (tertiary/aromatic N) is 2. The molecule has 4 nitrogen and oxygen atoms in total. The summed E-state index contributed by atoms with van der Waals surface area (Å²) in [6.07, 6.45) is 7.54. The molecule has 0 saturated carbocycles. The monoisotopic (exact) mass is 285 g/mol. The van der Waals surface area contributed by atoms with Crippen molar-refractivity contribution in [2.75, 3.05) is 31.1 Å². The van der Waals surface area contributed by atoms with Crippen LogP contribution in [0.4, 0.5) is 10.5 Å². The number of piperidine rings is 1. The Kier molecular flexibility index (Phi) is 4.55. The van der Waals surface area contributed by atoms with E-state index in [1.807, 2.05) is 41.4 Å². The summed E-state index contributed by atoms with van der Waals surface area (Å²) >= 11 is 0. The van der Waals surface area contributed by atoms with E-state index in [-0.39, 0.29) is 6.03 Å². The standard InChI is InChI=1S/C17H23N3O/c21-17-19(14-9-15-7-10-18-11-8-15)12-4-13-20(17)16-5-2-1-3-6-16/h1-6,13,15,18H,7-12,14H2. The molecule has 2 aliphatic heterocycles. The van der Waals surface area contributed by atoms with Crippen LogP contribution in [0, 0.1) is 5.92 Å². The van der Waals surface area contributed by atoms with Crippen LogP contribution < -0.4 is 10.2 Å². The predicted octanol–water partition coefficient (Wildman–Crippen LogP) is 2.83. The van der Waals surface area contributed by atoms with Crippen LogP contribution in [0.1, 0.15) is 19.3 Å². The first-order valence-corrected chi connectivity index (χ1v) is 7.85. The molecule has 2 amide bonds. The van der Waals surface area contributed by atoms with Gasteiger partial charge in [-0.05, 0) is 56.5 Å². The fourth-order valence-corrected chi connectivity index (χ4v) is 3.05. The summed E-state index contributed by atoms with van der Waals surface area (Å²) in [4.78, 5) is 16.3. The minimum Gasteiger partial charge on any atom is -0.320 e. The normalized spacial score (nSPS) is 20.1. The van der Waals surface area contributed by atoms with Crippen LogP contribution in [0.25, 0.3) is 0 Å². The van der Waals surface area contributed by atoms with Gasteiger partial charge in [0.05, 0.1) is 5.69 Å². The second kappa shape index (κ2) is 6.76. The maximum absolute atomic E-state index is 12.6. The maximum Gasteiger partial charge on any atom is 0.328 e. The molecule has 112 valence electrons. The van der Waals surface area contributed by atoms with Gasteiger partial charge in [0.2, 0.25) is 0 Å². The van der Waals surface area contributed by atoms with Crippen LogP contribution in [-0.4, -0.2) is 37.1 Å². The lowest BCUT2D eigenvalue weighted by molar-refractivity contribution is 0.203. The number of nitrogens with one attached hydrogen (secondary N) is 1. The van der Waals surface area contributed by atoms with Crippen LogP contribution in [0.15, 0.2) is 42.6 Å². The van der Waals surface area contributed by atoms with Gasteiger partial charge in [-0.1, -0.05) is 18.2 Å². The van der Waals surface area contributed by atoms with Gasteiger partial charge in [-0.3, -0.25) is 4.90 Å². The third-order valence-corrected chi connectivity index (χ3v) is 4.36. The molecule has 1 fully saturated rings. The van der Waals surface area contributed by atoms with Crippen LogP contribution in [0.5, 0.6) is 0 Å². The van der Waals surface area contributed by atoms with E-state index < -0.39 is 0 Å². The Morgan fingerprint density at radius 2 is 1.90 bits per heavy atom. The van der Waals surface area contributed by atoms with Gasteiger partial charge in [0, 0.05) is 19.3 Å². The highest BCUT2D eigenvalue weighted by Gasteiger charge is 2.24. The first-order chi connectivity index (χ1) is 10.3. The topological polar surface area (TPSA) is 35.6 Å². The molecule has 0 radical (unpaired) electrons. The highest BCUT2D eigenvalue weighted by atomic mass is 16.2. The van der Waals surface area contributed by atoms with E-state index in [1.54, 1.807) is 4.90 Å². The molecule has 2 heterocycles. The van der Waals surface area contributed by atoms with Gasteiger partial charge in [-0.2, -0.15) is 0 Å². The summed E-state index contributed by atoms with van der Waals surface area (Å²) in [6.45, 7) is 3.83. The number of carbonyl (C=O) groups excluding carboxylic acids is 1. The summed E-state index contributed by atoms with van der Waals surface area (Å²) in [5.74, 6) is 0.759. The largest absolute Gasteiger partial charge is 0.328 e. The molecule has 4 heteroatoms. The Hall–Kier alpha value is -1.81. The molecule has 0 aliphatic carbocycles. The van der Waals surface area contributed by atoms with E-state index in [9.17, 15) is 4.79 Å². The zero-order valence-electron chi connectivity index (χ0n) is 12.4. The lowest BCUT2D eigenvalue weighted by Gasteiger charge is -2.33. The number of hydrogen-bond donors (Lipinski definition) is 1. The third kappa shape index (κ3) is 3.45. The summed E-state index contributed by atoms with van der Waals surface area (Å²) in [6, 6.07) is 9.93. The maximum atomic E-state index is 12.6. The second-order valence-electron chi connectivity index (χ2n) is 5.80. The number of para-hydroxylation sites is 1. The van der Waals surface area contributed by atoms with Crippen LogP contribution in [0.2, 0.25) is 0 Å². The van der Waals surface area contributed by atoms with E-state index in [0.29, 0.717) is 0 Å². The smallest absolute Gasteiger partial charge is 0.320 e. The number of anilines is 1. The fourth-order valence-electron chi connectivity index (χ4n) is 3.05. The van der Waals surface area contributed by atoms with Crippen molar-refractivity contribution >= 4 is 11.7 Å². The number of urea groups is 1. The minimum absolute atomic E-state index is 0.0950. The van der Waals surface area contributed by atoms with Gasteiger partial charge in [-0.25, -0.2) is 4.79 Å². The van der Waals surface area contributed by atoms with Crippen molar-refractivity contribution in [2.24, 2.45) is 5.92 Å². The van der Waals surface area contributed by atoms with Crippen molar-refractivity contribution in [1.82, 2.24) is 10.2 Å². The lowest BCUT2D eigenvalue weighted by atomic mass is 9.94. The highest BCUT2D eigenvalue weighted by Crippen LogP contribution is 2.21. The summed E-state index contributed by atoms with van der Waals surface area (Å²) in [5, 5.41) is 3.39. The SMILES string of the molecule is O=C1N(CCC2CCNCC2)CC=CN1c1ccccc1. The molecule has 0 atom stereocenters. The van der Waals surface area contributed by atoms with E-state index in [4.69, 9.17) is 0 Å². The molecular weight excluding hydrogens is 262 g/mol. The minimum atomic E-state index is 0.0950. The van der Waals surface area contributed by atoms with E-state index in [0.717, 1.165) is 44.2 Å². The van der Waals surface area contributed by atoms with Crippen molar-refractivity contribution in [2.45, 2.75) is 19.3 Å².